The maximum atomic E-state index is 11.0. The standard InChI is InChI=1S/C11H6ClNO4/c12-6-4-8-7(9(5-6)11(14)15)2-1-3-10(8)13(16)17/h1-5H,(H,14,15). The lowest BCUT2D eigenvalue weighted by Crippen LogP contribution is -1.99. The fourth-order valence-corrected chi connectivity index (χ4v) is 1.89. The Labute approximate surface area is 100 Å². The molecule has 0 aliphatic heterocycles. The molecule has 86 valence electrons. The summed E-state index contributed by atoms with van der Waals surface area (Å²) in [6.45, 7) is 0. The summed E-state index contributed by atoms with van der Waals surface area (Å²) in [5.74, 6) is -1.17. The minimum absolute atomic E-state index is 0.0452. The highest BCUT2D eigenvalue weighted by atomic mass is 35.5. The predicted octanol–water partition coefficient (Wildman–Crippen LogP) is 3.10. The van der Waals surface area contributed by atoms with E-state index < -0.39 is 10.9 Å². The Kier molecular flexibility index (Phi) is 2.69. The van der Waals surface area contributed by atoms with Gasteiger partial charge >= 0.3 is 5.97 Å². The maximum Gasteiger partial charge on any atom is 0.336 e. The van der Waals surface area contributed by atoms with Crippen molar-refractivity contribution in [2.45, 2.75) is 0 Å². The summed E-state index contributed by atoms with van der Waals surface area (Å²) in [6.07, 6.45) is 0. The van der Waals surface area contributed by atoms with Crippen molar-refractivity contribution in [2.24, 2.45) is 0 Å². The smallest absolute Gasteiger partial charge is 0.336 e. The van der Waals surface area contributed by atoms with Crippen molar-refractivity contribution in [1.29, 1.82) is 0 Å². The molecule has 2 aromatic carbocycles. The first-order valence-corrected chi connectivity index (χ1v) is 4.98. The van der Waals surface area contributed by atoms with Gasteiger partial charge in [-0.05, 0) is 12.1 Å². The van der Waals surface area contributed by atoms with E-state index in [1.165, 1.54) is 30.3 Å². The van der Waals surface area contributed by atoms with Crippen molar-refractivity contribution < 1.29 is 14.8 Å². The summed E-state index contributed by atoms with van der Waals surface area (Å²) in [5.41, 5.74) is -0.205. The molecule has 0 fully saturated rings. The normalized spacial score (nSPS) is 10.4. The van der Waals surface area contributed by atoms with Crippen molar-refractivity contribution in [3.05, 3.63) is 51.0 Å². The third-order valence-electron chi connectivity index (χ3n) is 2.36. The van der Waals surface area contributed by atoms with E-state index in [4.69, 9.17) is 16.7 Å². The molecule has 0 saturated carbocycles. The molecule has 17 heavy (non-hydrogen) atoms. The Balaban J connectivity index is 2.92. The topological polar surface area (TPSA) is 80.4 Å². The Morgan fingerprint density at radius 2 is 2.00 bits per heavy atom. The first-order chi connectivity index (χ1) is 8.00. The lowest BCUT2D eigenvalue weighted by molar-refractivity contribution is -0.383. The molecule has 6 heteroatoms. The molecule has 0 aliphatic rings. The molecule has 0 aliphatic carbocycles. The van der Waals surface area contributed by atoms with Crippen LogP contribution >= 0.6 is 11.6 Å². The van der Waals surface area contributed by atoms with Crippen LogP contribution in [-0.4, -0.2) is 16.0 Å². The second-order valence-electron chi connectivity index (χ2n) is 3.39. The van der Waals surface area contributed by atoms with Gasteiger partial charge in [-0.3, -0.25) is 10.1 Å². The fourth-order valence-electron chi connectivity index (χ4n) is 1.67. The summed E-state index contributed by atoms with van der Waals surface area (Å²) in [6, 6.07) is 6.94. The van der Waals surface area contributed by atoms with Gasteiger partial charge < -0.3 is 5.11 Å². The molecule has 0 bridgehead atoms. The number of hydrogen-bond acceptors (Lipinski definition) is 3. The number of carboxylic acids is 1. The van der Waals surface area contributed by atoms with Crippen molar-refractivity contribution in [3.8, 4) is 0 Å². The zero-order valence-corrected chi connectivity index (χ0v) is 9.14. The van der Waals surface area contributed by atoms with E-state index in [-0.39, 0.29) is 21.7 Å². The molecule has 5 nitrogen and oxygen atoms in total. The van der Waals surface area contributed by atoms with Crippen LogP contribution < -0.4 is 0 Å². The largest absolute Gasteiger partial charge is 0.478 e. The first kappa shape index (κ1) is 11.3. The monoisotopic (exact) mass is 251 g/mol. The number of nitro groups is 1. The minimum atomic E-state index is -1.17. The SMILES string of the molecule is O=C(O)c1cc(Cl)cc2c([N+](=O)[O-])cccc12. The van der Waals surface area contributed by atoms with Gasteiger partial charge in [-0.25, -0.2) is 4.79 Å². The van der Waals surface area contributed by atoms with Crippen molar-refractivity contribution in [2.75, 3.05) is 0 Å². The van der Waals surface area contributed by atoms with E-state index in [2.05, 4.69) is 0 Å². The van der Waals surface area contributed by atoms with E-state index in [0.29, 0.717) is 5.39 Å². The van der Waals surface area contributed by atoms with Gasteiger partial charge in [0.05, 0.1) is 15.9 Å². The highest BCUT2D eigenvalue weighted by Crippen LogP contribution is 2.30. The number of non-ortho nitro benzene ring substituents is 1. The van der Waals surface area contributed by atoms with Crippen molar-refractivity contribution in [3.63, 3.8) is 0 Å². The molecular formula is C11H6ClNO4. The van der Waals surface area contributed by atoms with Gasteiger partial charge in [0.25, 0.3) is 5.69 Å². The highest BCUT2D eigenvalue weighted by molar-refractivity contribution is 6.32. The van der Waals surface area contributed by atoms with E-state index in [1.807, 2.05) is 0 Å². The molecule has 0 amide bonds. The molecule has 0 spiro atoms. The molecule has 0 saturated heterocycles. The van der Waals surface area contributed by atoms with Crippen LogP contribution in [0.5, 0.6) is 0 Å². The highest BCUT2D eigenvalue weighted by Gasteiger charge is 2.17. The van der Waals surface area contributed by atoms with Crippen LogP contribution in [0.1, 0.15) is 10.4 Å². The number of fused-ring (bicyclic) bond motifs is 1. The predicted molar refractivity (Wildman–Crippen MR) is 62.6 cm³/mol. The second-order valence-corrected chi connectivity index (χ2v) is 3.82. The zero-order valence-electron chi connectivity index (χ0n) is 8.38. The van der Waals surface area contributed by atoms with Gasteiger partial charge in [0.2, 0.25) is 0 Å². The summed E-state index contributed by atoms with van der Waals surface area (Å²) >= 11 is 5.76. The fraction of sp³-hybridized carbons (Fsp3) is 0. The molecular weight excluding hydrogens is 246 g/mol. The third kappa shape index (κ3) is 1.92. The lowest BCUT2D eigenvalue weighted by atomic mass is 10.0. The van der Waals surface area contributed by atoms with Gasteiger partial charge in [0, 0.05) is 16.5 Å². The van der Waals surface area contributed by atoms with Crippen LogP contribution in [-0.2, 0) is 0 Å². The van der Waals surface area contributed by atoms with Crippen LogP contribution in [0.4, 0.5) is 5.69 Å². The van der Waals surface area contributed by atoms with Crippen LogP contribution in [0.3, 0.4) is 0 Å². The molecule has 0 heterocycles. The van der Waals surface area contributed by atoms with E-state index >= 15 is 0 Å². The maximum absolute atomic E-state index is 11.0. The Bertz CT molecular complexity index is 639. The third-order valence-corrected chi connectivity index (χ3v) is 2.58. The number of rotatable bonds is 2. The average molecular weight is 252 g/mol. The summed E-state index contributed by atoms with van der Waals surface area (Å²) < 4.78 is 0. The molecule has 2 aromatic rings. The molecule has 0 atom stereocenters. The second kappa shape index (κ2) is 4.03. The zero-order chi connectivity index (χ0) is 12.6. The minimum Gasteiger partial charge on any atom is -0.478 e. The van der Waals surface area contributed by atoms with Gasteiger partial charge in [-0.15, -0.1) is 0 Å². The summed E-state index contributed by atoms with van der Waals surface area (Å²) in [4.78, 5) is 21.3. The van der Waals surface area contributed by atoms with Gasteiger partial charge in [-0.2, -0.15) is 0 Å². The van der Waals surface area contributed by atoms with Crippen molar-refractivity contribution >= 4 is 34.0 Å². The lowest BCUT2D eigenvalue weighted by Gasteiger charge is -2.04. The van der Waals surface area contributed by atoms with Gasteiger partial charge in [0.15, 0.2) is 0 Å². The number of nitro benzene ring substituents is 1. The Hall–Kier alpha value is -2.14. The quantitative estimate of drug-likeness (QED) is 0.657. The molecule has 0 aromatic heterocycles. The number of carboxylic acid groups (broad SMARTS) is 1. The Morgan fingerprint density at radius 1 is 1.29 bits per heavy atom. The number of nitrogens with zero attached hydrogens (tertiary/aromatic N) is 1. The van der Waals surface area contributed by atoms with Crippen LogP contribution in [0, 0.1) is 10.1 Å². The summed E-state index contributed by atoms with van der Waals surface area (Å²) in [5, 5.41) is 20.5. The van der Waals surface area contributed by atoms with Crippen LogP contribution in [0.25, 0.3) is 10.8 Å². The molecule has 1 N–H and O–H groups in total. The summed E-state index contributed by atoms with van der Waals surface area (Å²) in [7, 11) is 0. The number of aromatic carboxylic acids is 1. The number of benzene rings is 2. The number of carbonyl (C=O) groups is 1. The van der Waals surface area contributed by atoms with Gasteiger partial charge in [-0.1, -0.05) is 23.7 Å². The van der Waals surface area contributed by atoms with Crippen LogP contribution in [0.2, 0.25) is 5.02 Å². The molecule has 2 rings (SSSR count). The van der Waals surface area contributed by atoms with Gasteiger partial charge in [0.1, 0.15) is 0 Å². The van der Waals surface area contributed by atoms with E-state index in [9.17, 15) is 14.9 Å². The molecule has 0 radical (unpaired) electrons. The number of hydrogen-bond donors (Lipinski definition) is 1. The first-order valence-electron chi connectivity index (χ1n) is 4.60. The molecule has 0 unspecified atom stereocenters. The van der Waals surface area contributed by atoms with Crippen molar-refractivity contribution in [1.82, 2.24) is 0 Å². The van der Waals surface area contributed by atoms with E-state index in [1.54, 1.807) is 0 Å². The van der Waals surface area contributed by atoms with Crippen LogP contribution in [0.15, 0.2) is 30.3 Å². The average Bonchev–Trinajstić information content (AvgIpc) is 2.26. The van der Waals surface area contributed by atoms with E-state index in [0.717, 1.165) is 0 Å². The number of halogens is 1. The Morgan fingerprint density at radius 3 is 2.59 bits per heavy atom.